The third kappa shape index (κ3) is 3.91. The monoisotopic (exact) mass is 305 g/mol. The predicted octanol–water partition coefficient (Wildman–Crippen LogP) is -0.655. The van der Waals surface area contributed by atoms with Crippen molar-refractivity contribution in [2.45, 2.75) is 9.79 Å². The number of carbonyl (C=O) groups is 1. The molecule has 0 fully saturated rings. The minimum Gasteiger partial charge on any atom is -0.549 e. The zero-order chi connectivity index (χ0) is 14.6. The SMILES string of the molecule is CSc1ccc(S(=O)(=O)NCC(=O)[O-])cc1[N+](=O)[O-]. The van der Waals surface area contributed by atoms with Gasteiger partial charge in [0.2, 0.25) is 10.0 Å². The van der Waals surface area contributed by atoms with Crippen molar-refractivity contribution in [3.05, 3.63) is 28.3 Å². The lowest BCUT2D eigenvalue weighted by molar-refractivity contribution is -0.388. The molecule has 1 rings (SSSR count). The Kier molecular flexibility index (Phi) is 4.86. The molecule has 0 heterocycles. The van der Waals surface area contributed by atoms with Crippen molar-refractivity contribution < 1.29 is 23.2 Å². The third-order valence-electron chi connectivity index (χ3n) is 2.06. The molecule has 1 aromatic rings. The van der Waals surface area contributed by atoms with E-state index >= 15 is 0 Å². The second-order valence-corrected chi connectivity index (χ2v) is 5.90. The van der Waals surface area contributed by atoms with Gasteiger partial charge in [-0.3, -0.25) is 10.1 Å². The van der Waals surface area contributed by atoms with Crippen LogP contribution < -0.4 is 9.83 Å². The highest BCUT2D eigenvalue weighted by atomic mass is 32.2. The van der Waals surface area contributed by atoms with Crippen molar-refractivity contribution in [2.75, 3.05) is 12.8 Å². The molecule has 0 amide bonds. The van der Waals surface area contributed by atoms with Gasteiger partial charge in [-0.05, 0) is 18.4 Å². The molecule has 19 heavy (non-hydrogen) atoms. The van der Waals surface area contributed by atoms with Crippen LogP contribution in [0.1, 0.15) is 0 Å². The van der Waals surface area contributed by atoms with Gasteiger partial charge in [0.1, 0.15) is 0 Å². The van der Waals surface area contributed by atoms with Crippen molar-refractivity contribution in [2.24, 2.45) is 0 Å². The highest BCUT2D eigenvalue weighted by molar-refractivity contribution is 7.98. The second kappa shape index (κ2) is 5.99. The Labute approximate surface area is 113 Å². The molecule has 0 bridgehead atoms. The predicted molar refractivity (Wildman–Crippen MR) is 65.1 cm³/mol. The van der Waals surface area contributed by atoms with E-state index in [2.05, 4.69) is 0 Å². The van der Waals surface area contributed by atoms with Crippen LogP contribution in [0.4, 0.5) is 5.69 Å². The van der Waals surface area contributed by atoms with E-state index in [-0.39, 0.29) is 10.6 Å². The fourth-order valence-corrected chi connectivity index (χ4v) is 2.75. The number of sulfonamides is 1. The lowest BCUT2D eigenvalue weighted by Crippen LogP contribution is -2.37. The van der Waals surface area contributed by atoms with E-state index in [1.54, 1.807) is 11.0 Å². The fourth-order valence-electron chi connectivity index (χ4n) is 1.22. The highest BCUT2D eigenvalue weighted by Crippen LogP contribution is 2.29. The summed E-state index contributed by atoms with van der Waals surface area (Å²) < 4.78 is 25.1. The molecule has 10 heteroatoms. The number of benzene rings is 1. The third-order valence-corrected chi connectivity index (χ3v) is 4.25. The smallest absolute Gasteiger partial charge is 0.284 e. The molecule has 1 N–H and O–H groups in total. The Morgan fingerprint density at radius 1 is 1.47 bits per heavy atom. The summed E-state index contributed by atoms with van der Waals surface area (Å²) in [4.78, 5) is 20.2. The number of carboxylic acid groups (broad SMARTS) is 1. The minimum atomic E-state index is -4.12. The molecule has 0 aliphatic rings. The number of aliphatic carboxylic acids is 1. The number of hydrogen-bond acceptors (Lipinski definition) is 7. The number of nitro benzene ring substituents is 1. The molecule has 0 radical (unpaired) electrons. The number of hydrogen-bond donors (Lipinski definition) is 1. The molecule has 0 saturated carbocycles. The van der Waals surface area contributed by atoms with E-state index in [9.17, 15) is 28.4 Å². The first-order chi connectivity index (χ1) is 8.77. The average molecular weight is 305 g/mol. The van der Waals surface area contributed by atoms with Gasteiger partial charge in [-0.25, -0.2) is 13.1 Å². The van der Waals surface area contributed by atoms with Crippen LogP contribution in [-0.4, -0.2) is 32.1 Å². The Morgan fingerprint density at radius 3 is 2.58 bits per heavy atom. The minimum absolute atomic E-state index is 0.309. The molecule has 0 spiro atoms. The zero-order valence-corrected chi connectivity index (χ0v) is 11.3. The summed E-state index contributed by atoms with van der Waals surface area (Å²) in [6.45, 7) is -0.902. The summed E-state index contributed by atoms with van der Waals surface area (Å²) in [5, 5.41) is 21.0. The fraction of sp³-hybridized carbons (Fsp3) is 0.222. The van der Waals surface area contributed by atoms with Crippen LogP contribution in [0, 0.1) is 10.1 Å². The van der Waals surface area contributed by atoms with Crippen LogP contribution >= 0.6 is 11.8 Å². The van der Waals surface area contributed by atoms with Crippen molar-refractivity contribution in [1.29, 1.82) is 0 Å². The van der Waals surface area contributed by atoms with Gasteiger partial charge in [0.15, 0.2) is 0 Å². The number of rotatable bonds is 6. The summed E-state index contributed by atoms with van der Waals surface area (Å²) in [5.41, 5.74) is -0.358. The van der Waals surface area contributed by atoms with Gasteiger partial charge in [0, 0.05) is 6.07 Å². The maximum Gasteiger partial charge on any atom is 0.284 e. The van der Waals surface area contributed by atoms with E-state index in [1.807, 2.05) is 0 Å². The van der Waals surface area contributed by atoms with Crippen LogP contribution in [-0.2, 0) is 14.8 Å². The van der Waals surface area contributed by atoms with E-state index in [4.69, 9.17) is 0 Å². The number of carboxylic acids is 1. The second-order valence-electron chi connectivity index (χ2n) is 3.29. The van der Waals surface area contributed by atoms with E-state index in [0.29, 0.717) is 4.90 Å². The molecule has 8 nitrogen and oxygen atoms in total. The molecule has 0 unspecified atom stereocenters. The van der Waals surface area contributed by atoms with Crippen LogP contribution in [0.2, 0.25) is 0 Å². The maximum absolute atomic E-state index is 11.7. The molecule has 0 aliphatic carbocycles. The van der Waals surface area contributed by atoms with Crippen LogP contribution in [0.15, 0.2) is 28.0 Å². The molecule has 1 aromatic carbocycles. The summed E-state index contributed by atoms with van der Waals surface area (Å²) in [7, 11) is -4.12. The molecule has 104 valence electrons. The first kappa shape index (κ1) is 15.4. The van der Waals surface area contributed by atoms with Gasteiger partial charge < -0.3 is 9.90 Å². The Morgan fingerprint density at radius 2 is 2.11 bits per heavy atom. The van der Waals surface area contributed by atoms with Crippen molar-refractivity contribution in [3.63, 3.8) is 0 Å². The standard InChI is InChI=1S/C9H10N2O6S2/c1-18-8-3-2-6(4-7(8)11(14)15)19(16,17)10-5-9(12)13/h2-4,10H,5H2,1H3,(H,12,13)/p-1. The Hall–Kier alpha value is -1.65. The van der Waals surface area contributed by atoms with E-state index in [0.717, 1.165) is 23.9 Å². The molecule has 0 saturated heterocycles. The van der Waals surface area contributed by atoms with Gasteiger partial charge in [-0.1, -0.05) is 0 Å². The summed E-state index contributed by atoms with van der Waals surface area (Å²) in [6, 6.07) is 3.33. The summed E-state index contributed by atoms with van der Waals surface area (Å²) in [5.74, 6) is -1.60. The quantitative estimate of drug-likeness (QED) is 0.419. The van der Waals surface area contributed by atoms with Gasteiger partial charge in [-0.2, -0.15) is 0 Å². The number of thioether (sulfide) groups is 1. The first-order valence-corrected chi connectivity index (χ1v) is 7.50. The van der Waals surface area contributed by atoms with Gasteiger partial charge >= 0.3 is 0 Å². The highest BCUT2D eigenvalue weighted by Gasteiger charge is 2.20. The van der Waals surface area contributed by atoms with Crippen LogP contribution in [0.25, 0.3) is 0 Å². The van der Waals surface area contributed by atoms with Crippen molar-refractivity contribution >= 4 is 33.4 Å². The lowest BCUT2D eigenvalue weighted by atomic mass is 10.3. The Bertz CT molecular complexity index is 613. The Balaban J connectivity index is 3.18. The summed E-state index contributed by atoms with van der Waals surface area (Å²) in [6.07, 6.45) is 1.62. The van der Waals surface area contributed by atoms with E-state index < -0.39 is 27.5 Å². The molecular formula is C9H9N2O6S2-. The lowest BCUT2D eigenvalue weighted by Gasteiger charge is -2.08. The number of nitrogens with one attached hydrogen (secondary N) is 1. The number of nitro groups is 1. The topological polar surface area (TPSA) is 129 Å². The van der Waals surface area contributed by atoms with Crippen LogP contribution in [0.5, 0.6) is 0 Å². The maximum atomic E-state index is 11.7. The van der Waals surface area contributed by atoms with E-state index in [1.165, 1.54) is 6.07 Å². The zero-order valence-electron chi connectivity index (χ0n) is 9.65. The first-order valence-electron chi connectivity index (χ1n) is 4.80. The molecular weight excluding hydrogens is 296 g/mol. The van der Waals surface area contributed by atoms with Crippen molar-refractivity contribution in [1.82, 2.24) is 4.72 Å². The van der Waals surface area contributed by atoms with Gasteiger partial charge in [0.05, 0.1) is 27.2 Å². The van der Waals surface area contributed by atoms with Gasteiger partial charge in [0.25, 0.3) is 5.69 Å². The average Bonchev–Trinajstić information content (AvgIpc) is 2.35. The molecule has 0 aliphatic heterocycles. The van der Waals surface area contributed by atoms with Crippen LogP contribution in [0.3, 0.4) is 0 Å². The number of carbonyl (C=O) groups excluding carboxylic acids is 1. The van der Waals surface area contributed by atoms with Crippen molar-refractivity contribution in [3.8, 4) is 0 Å². The largest absolute Gasteiger partial charge is 0.549 e. The van der Waals surface area contributed by atoms with Gasteiger partial charge in [-0.15, -0.1) is 11.8 Å². The number of nitrogens with zero attached hydrogens (tertiary/aromatic N) is 1. The summed E-state index contributed by atoms with van der Waals surface area (Å²) >= 11 is 1.10. The normalized spacial score (nSPS) is 11.2. The molecule has 0 aromatic heterocycles. The molecule has 0 atom stereocenters.